The SMILES string of the molecule is Cc1nc(CC(C)C2CC3C(CCC[C@H](C)C(O)[C@@H](C)C(O)C(C)(C)[C@@H](O)CC(=O)O2)N3CCO)cs1. The number of cyclic esters (lactones) is 1. The Bertz CT molecular complexity index is 879. The van der Waals surface area contributed by atoms with Gasteiger partial charge in [-0.1, -0.05) is 41.0 Å². The minimum atomic E-state index is -1.12. The number of hydrogen-bond donors (Lipinski definition) is 4. The molecule has 1 aromatic rings. The molecule has 3 heterocycles. The number of aliphatic hydroxyl groups is 4. The van der Waals surface area contributed by atoms with Crippen LogP contribution in [0.5, 0.6) is 0 Å². The van der Waals surface area contributed by atoms with E-state index >= 15 is 0 Å². The number of aliphatic hydroxyl groups excluding tert-OH is 4. The van der Waals surface area contributed by atoms with Gasteiger partial charge in [0.25, 0.3) is 0 Å². The van der Waals surface area contributed by atoms with Gasteiger partial charge < -0.3 is 25.2 Å². The Kier molecular flexibility index (Phi) is 10.6. The van der Waals surface area contributed by atoms with Crippen molar-refractivity contribution in [2.45, 2.75) is 117 Å². The number of ether oxygens (including phenoxy) is 1. The minimum absolute atomic E-state index is 0.00621. The van der Waals surface area contributed by atoms with E-state index in [-0.39, 0.29) is 37.0 Å². The van der Waals surface area contributed by atoms with Crippen molar-refractivity contribution in [3.8, 4) is 0 Å². The Labute approximate surface area is 226 Å². The highest BCUT2D eigenvalue weighted by Crippen LogP contribution is 2.40. The van der Waals surface area contributed by atoms with Crippen LogP contribution in [0.3, 0.4) is 0 Å². The molecule has 0 radical (unpaired) electrons. The van der Waals surface area contributed by atoms with E-state index in [9.17, 15) is 25.2 Å². The van der Waals surface area contributed by atoms with Crippen LogP contribution in [0.1, 0.15) is 77.4 Å². The van der Waals surface area contributed by atoms with E-state index in [1.165, 1.54) is 0 Å². The second-order valence-electron chi connectivity index (χ2n) is 12.1. The number of carbonyl (C=O) groups is 1. The lowest BCUT2D eigenvalue weighted by Gasteiger charge is -2.40. The molecule has 8 nitrogen and oxygen atoms in total. The quantitative estimate of drug-likeness (QED) is 0.332. The molecule has 212 valence electrons. The molecule has 10 atom stereocenters. The highest BCUT2D eigenvalue weighted by Gasteiger charge is 2.49. The van der Waals surface area contributed by atoms with Crippen molar-refractivity contribution >= 4 is 17.3 Å². The van der Waals surface area contributed by atoms with Gasteiger partial charge in [-0.15, -0.1) is 11.3 Å². The fourth-order valence-corrected chi connectivity index (χ4v) is 6.75. The number of esters is 1. The van der Waals surface area contributed by atoms with E-state index in [0.717, 1.165) is 30.0 Å². The van der Waals surface area contributed by atoms with E-state index in [4.69, 9.17) is 4.74 Å². The molecule has 2 fully saturated rings. The van der Waals surface area contributed by atoms with Gasteiger partial charge in [0.15, 0.2) is 0 Å². The second kappa shape index (κ2) is 12.8. The topological polar surface area (TPSA) is 123 Å². The van der Waals surface area contributed by atoms with E-state index in [0.29, 0.717) is 25.4 Å². The Balaban J connectivity index is 1.83. The first-order valence-electron chi connectivity index (χ1n) is 13.9. The average molecular weight is 541 g/mol. The highest BCUT2D eigenvalue weighted by atomic mass is 32.1. The zero-order valence-electron chi connectivity index (χ0n) is 23.3. The molecule has 37 heavy (non-hydrogen) atoms. The van der Waals surface area contributed by atoms with Gasteiger partial charge in [-0.3, -0.25) is 9.69 Å². The van der Waals surface area contributed by atoms with E-state index < -0.39 is 35.6 Å². The molecule has 0 spiro atoms. The fraction of sp³-hybridized carbons (Fsp3) is 0.857. The second-order valence-corrected chi connectivity index (χ2v) is 13.2. The molecule has 2 aliphatic heterocycles. The average Bonchev–Trinajstić information content (AvgIpc) is 3.29. The molecule has 2 saturated heterocycles. The zero-order chi connectivity index (χ0) is 27.5. The van der Waals surface area contributed by atoms with Gasteiger partial charge >= 0.3 is 5.97 Å². The lowest BCUT2D eigenvalue weighted by molar-refractivity contribution is -0.160. The minimum Gasteiger partial charge on any atom is -0.462 e. The first-order chi connectivity index (χ1) is 17.4. The number of rotatable bonds is 5. The molecular weight excluding hydrogens is 492 g/mol. The number of thiazole rings is 1. The Hall–Kier alpha value is -1.10. The summed E-state index contributed by atoms with van der Waals surface area (Å²) in [5, 5.41) is 45.7. The predicted octanol–water partition coefficient (Wildman–Crippen LogP) is 2.93. The molecule has 3 rings (SSSR count). The number of aryl methyl sites for hydroxylation is 1. The lowest BCUT2D eigenvalue weighted by atomic mass is 9.71. The van der Waals surface area contributed by atoms with Gasteiger partial charge in [0, 0.05) is 41.8 Å². The standard InChI is InChI=1S/C28H48N2O6S/c1-16-8-7-9-21-22(30(21)10-11-31)13-23(17(2)12-20-15-37-19(4)29-20)36-25(33)14-24(32)28(5,6)27(35)18(3)26(16)34/h15-18,21-24,26-27,31-32,34-35H,7-14H2,1-6H3/t16-,17?,18+,21?,22?,23?,24-,26?,27?,30?/m0/s1. The van der Waals surface area contributed by atoms with Gasteiger partial charge in [-0.25, -0.2) is 4.98 Å². The van der Waals surface area contributed by atoms with Crippen molar-refractivity contribution in [3.63, 3.8) is 0 Å². The molecule has 1 aromatic heterocycles. The summed E-state index contributed by atoms with van der Waals surface area (Å²) in [5.74, 6) is -0.920. The number of aromatic nitrogens is 1. The van der Waals surface area contributed by atoms with Crippen molar-refractivity contribution in [3.05, 3.63) is 16.1 Å². The third-order valence-electron chi connectivity index (χ3n) is 8.91. The molecule has 0 saturated carbocycles. The van der Waals surface area contributed by atoms with Crippen LogP contribution in [0.25, 0.3) is 0 Å². The van der Waals surface area contributed by atoms with Crippen LogP contribution in [-0.4, -0.2) is 85.9 Å². The normalized spacial score (nSPS) is 38.4. The molecule has 7 unspecified atom stereocenters. The third kappa shape index (κ3) is 7.51. The van der Waals surface area contributed by atoms with Gasteiger partial charge in [0.05, 0.1) is 42.0 Å². The van der Waals surface area contributed by atoms with Crippen molar-refractivity contribution in [1.29, 1.82) is 0 Å². The number of carbonyl (C=O) groups excluding carboxylic acids is 1. The number of hydrogen-bond acceptors (Lipinski definition) is 9. The van der Waals surface area contributed by atoms with Gasteiger partial charge in [0.2, 0.25) is 0 Å². The van der Waals surface area contributed by atoms with E-state index in [1.807, 2.05) is 19.2 Å². The smallest absolute Gasteiger partial charge is 0.308 e. The monoisotopic (exact) mass is 540 g/mol. The summed E-state index contributed by atoms with van der Waals surface area (Å²) >= 11 is 1.61. The largest absolute Gasteiger partial charge is 0.462 e. The van der Waals surface area contributed by atoms with Gasteiger partial charge in [-0.05, 0) is 38.0 Å². The summed E-state index contributed by atoms with van der Waals surface area (Å²) in [6.07, 6.45) is 0.656. The fourth-order valence-electron chi connectivity index (χ4n) is 6.13. The Morgan fingerprint density at radius 1 is 1.22 bits per heavy atom. The lowest BCUT2D eigenvalue weighted by Crippen LogP contribution is -2.49. The summed E-state index contributed by atoms with van der Waals surface area (Å²) in [5.41, 5.74) is -0.0156. The highest BCUT2D eigenvalue weighted by molar-refractivity contribution is 7.09. The zero-order valence-corrected chi connectivity index (χ0v) is 24.2. The molecule has 2 aliphatic rings. The number of fused-ring (bicyclic) bond motifs is 1. The number of β-amino-alcohol motifs (C(OH)–C–C–N with tert-alkyl or cyclic N) is 1. The van der Waals surface area contributed by atoms with Gasteiger partial charge in [0.1, 0.15) is 6.10 Å². The van der Waals surface area contributed by atoms with E-state index in [1.54, 1.807) is 32.1 Å². The first kappa shape index (κ1) is 30.4. The molecular formula is C28H48N2O6S. The summed E-state index contributed by atoms with van der Waals surface area (Å²) in [6.45, 7) is 12.0. The maximum absolute atomic E-state index is 13.1. The molecule has 4 N–H and O–H groups in total. The summed E-state index contributed by atoms with van der Waals surface area (Å²) in [7, 11) is 0. The summed E-state index contributed by atoms with van der Waals surface area (Å²) in [6, 6.07) is 0.534. The maximum Gasteiger partial charge on any atom is 0.308 e. The maximum atomic E-state index is 13.1. The molecule has 0 aliphatic carbocycles. The van der Waals surface area contributed by atoms with E-state index in [2.05, 4.69) is 16.8 Å². The third-order valence-corrected chi connectivity index (χ3v) is 9.74. The number of nitrogens with zero attached hydrogens (tertiary/aromatic N) is 2. The van der Waals surface area contributed by atoms with Crippen molar-refractivity contribution < 1.29 is 30.0 Å². The predicted molar refractivity (Wildman–Crippen MR) is 144 cm³/mol. The molecule has 0 bridgehead atoms. The van der Waals surface area contributed by atoms with Crippen LogP contribution >= 0.6 is 11.3 Å². The summed E-state index contributed by atoms with van der Waals surface area (Å²) in [4.78, 5) is 20.0. The Morgan fingerprint density at radius 3 is 2.54 bits per heavy atom. The van der Waals surface area contributed by atoms with Crippen LogP contribution in [0, 0.1) is 30.1 Å². The van der Waals surface area contributed by atoms with Crippen LogP contribution in [0.2, 0.25) is 0 Å². The van der Waals surface area contributed by atoms with Crippen molar-refractivity contribution in [2.75, 3.05) is 13.2 Å². The molecule has 9 heteroatoms. The van der Waals surface area contributed by atoms with Crippen LogP contribution < -0.4 is 0 Å². The Morgan fingerprint density at radius 2 is 1.92 bits per heavy atom. The van der Waals surface area contributed by atoms with Crippen molar-refractivity contribution in [2.24, 2.45) is 23.2 Å². The summed E-state index contributed by atoms with van der Waals surface area (Å²) < 4.78 is 6.04. The van der Waals surface area contributed by atoms with Crippen molar-refractivity contribution in [1.82, 2.24) is 9.88 Å². The van der Waals surface area contributed by atoms with Crippen LogP contribution in [0.4, 0.5) is 0 Å². The molecule has 0 amide bonds. The van der Waals surface area contributed by atoms with Crippen LogP contribution in [-0.2, 0) is 16.0 Å². The molecule has 0 aromatic carbocycles. The van der Waals surface area contributed by atoms with Gasteiger partial charge in [-0.2, -0.15) is 0 Å². The van der Waals surface area contributed by atoms with Crippen LogP contribution in [0.15, 0.2) is 5.38 Å². The first-order valence-corrected chi connectivity index (χ1v) is 14.8.